The number of benzene rings is 1. The number of rotatable bonds is 4. The fraction of sp³-hybridized carbons (Fsp3) is 0.611. The molecule has 0 aromatic heterocycles. The van der Waals surface area contributed by atoms with Gasteiger partial charge in [0.15, 0.2) is 16.6 Å². The van der Waals surface area contributed by atoms with Crippen molar-refractivity contribution in [2.45, 2.75) is 23.8 Å². The van der Waals surface area contributed by atoms with Crippen LogP contribution >= 0.6 is 12.2 Å². The predicted molar refractivity (Wildman–Crippen MR) is 107 cm³/mol. The lowest BCUT2D eigenvalue weighted by Crippen LogP contribution is -2.53. The van der Waals surface area contributed by atoms with Crippen molar-refractivity contribution >= 4 is 27.4 Å². The van der Waals surface area contributed by atoms with E-state index in [1.165, 1.54) is 4.31 Å². The van der Waals surface area contributed by atoms with Crippen molar-refractivity contribution in [3.05, 3.63) is 18.2 Å². The standard InChI is InChI=1S/C18H25N3O5S2/c22-28(23,15-3-4-16-17(12-15)26-11-10-25-16)21-7-5-20(6-8-21)18(27)19-13-14-2-1-9-24-14/h3-4,12,14H,1-2,5-11,13H2,(H,19,27)/t14-/m1/s1. The molecule has 2 saturated heterocycles. The van der Waals surface area contributed by atoms with Gasteiger partial charge in [0.2, 0.25) is 10.0 Å². The normalized spacial score (nSPS) is 22.9. The summed E-state index contributed by atoms with van der Waals surface area (Å²) in [5.74, 6) is 1.06. The lowest BCUT2D eigenvalue weighted by molar-refractivity contribution is 0.113. The van der Waals surface area contributed by atoms with Gasteiger partial charge in [0.05, 0.1) is 11.0 Å². The van der Waals surface area contributed by atoms with Gasteiger partial charge in [0.25, 0.3) is 0 Å². The van der Waals surface area contributed by atoms with Crippen LogP contribution in [0.1, 0.15) is 12.8 Å². The Bertz CT molecular complexity index is 819. The lowest BCUT2D eigenvalue weighted by Gasteiger charge is -2.35. The third-order valence-corrected chi connectivity index (χ3v) is 7.48. The molecule has 0 unspecified atom stereocenters. The molecule has 4 rings (SSSR count). The van der Waals surface area contributed by atoms with Gasteiger partial charge in [-0.15, -0.1) is 0 Å². The van der Waals surface area contributed by atoms with Crippen LogP contribution in [-0.4, -0.2) is 81.4 Å². The van der Waals surface area contributed by atoms with Gasteiger partial charge in [-0.3, -0.25) is 0 Å². The Kier molecular flexibility index (Phi) is 5.91. The number of fused-ring (bicyclic) bond motifs is 1. The Morgan fingerprint density at radius 2 is 1.86 bits per heavy atom. The Morgan fingerprint density at radius 3 is 2.57 bits per heavy atom. The number of hydrogen-bond donors (Lipinski definition) is 1. The molecule has 154 valence electrons. The van der Waals surface area contributed by atoms with E-state index in [2.05, 4.69) is 5.32 Å². The zero-order valence-electron chi connectivity index (χ0n) is 15.6. The molecule has 1 N–H and O–H groups in total. The summed E-state index contributed by atoms with van der Waals surface area (Å²) in [4.78, 5) is 2.24. The van der Waals surface area contributed by atoms with Crippen LogP contribution in [0.5, 0.6) is 11.5 Å². The number of thiocarbonyl (C=S) groups is 1. The summed E-state index contributed by atoms with van der Waals surface area (Å²) in [5, 5.41) is 3.91. The highest BCUT2D eigenvalue weighted by Gasteiger charge is 2.30. The molecule has 0 aliphatic carbocycles. The molecule has 0 amide bonds. The Labute approximate surface area is 170 Å². The van der Waals surface area contributed by atoms with E-state index in [1.807, 2.05) is 4.90 Å². The fourth-order valence-corrected chi connectivity index (χ4v) is 5.29. The van der Waals surface area contributed by atoms with Crippen LogP contribution in [0.3, 0.4) is 0 Å². The average Bonchev–Trinajstić information content (AvgIpc) is 3.25. The van der Waals surface area contributed by atoms with E-state index in [1.54, 1.807) is 18.2 Å². The summed E-state index contributed by atoms with van der Waals surface area (Å²) in [6.07, 6.45) is 2.36. The highest BCUT2D eigenvalue weighted by molar-refractivity contribution is 7.89. The quantitative estimate of drug-likeness (QED) is 0.708. The first-order chi connectivity index (χ1) is 13.5. The van der Waals surface area contributed by atoms with Gasteiger partial charge in [-0.1, -0.05) is 0 Å². The smallest absolute Gasteiger partial charge is 0.243 e. The fourth-order valence-electron chi connectivity index (χ4n) is 3.58. The summed E-state index contributed by atoms with van der Waals surface area (Å²) in [7, 11) is -3.58. The Morgan fingerprint density at radius 1 is 1.11 bits per heavy atom. The maximum absolute atomic E-state index is 13.0. The monoisotopic (exact) mass is 427 g/mol. The molecule has 10 heteroatoms. The molecule has 1 atom stereocenters. The van der Waals surface area contributed by atoms with Gasteiger partial charge >= 0.3 is 0 Å². The lowest BCUT2D eigenvalue weighted by atomic mass is 10.2. The molecule has 0 spiro atoms. The summed E-state index contributed by atoms with van der Waals surface area (Å²) < 4.78 is 44.1. The summed E-state index contributed by atoms with van der Waals surface area (Å²) in [6, 6.07) is 4.77. The molecule has 1 aromatic rings. The van der Waals surface area contributed by atoms with Crippen molar-refractivity contribution in [3.63, 3.8) is 0 Å². The van der Waals surface area contributed by atoms with Gasteiger partial charge in [-0.2, -0.15) is 4.31 Å². The second-order valence-electron chi connectivity index (χ2n) is 7.02. The van der Waals surface area contributed by atoms with Crippen LogP contribution in [0.4, 0.5) is 0 Å². The number of hydrogen-bond acceptors (Lipinski definition) is 6. The predicted octanol–water partition coefficient (Wildman–Crippen LogP) is 0.818. The molecular weight excluding hydrogens is 402 g/mol. The van der Waals surface area contributed by atoms with Crippen molar-refractivity contribution < 1.29 is 22.6 Å². The Hall–Kier alpha value is -1.62. The molecule has 28 heavy (non-hydrogen) atoms. The van der Waals surface area contributed by atoms with Crippen LogP contribution in [0, 0.1) is 0 Å². The SMILES string of the molecule is O=S(=O)(c1ccc2c(c1)OCCO2)N1CCN(C(=S)NC[C@H]2CCCO2)CC1. The van der Waals surface area contributed by atoms with Gasteiger partial charge < -0.3 is 24.4 Å². The number of ether oxygens (including phenoxy) is 3. The highest BCUT2D eigenvalue weighted by Crippen LogP contribution is 2.33. The second kappa shape index (κ2) is 8.40. The molecule has 2 fully saturated rings. The van der Waals surface area contributed by atoms with E-state index in [0.717, 1.165) is 19.4 Å². The first kappa shape index (κ1) is 19.7. The average molecular weight is 428 g/mol. The Balaban J connectivity index is 1.34. The second-order valence-corrected chi connectivity index (χ2v) is 9.34. The first-order valence-electron chi connectivity index (χ1n) is 9.58. The number of nitrogens with one attached hydrogen (secondary N) is 1. The van der Waals surface area contributed by atoms with Crippen molar-refractivity contribution in [1.82, 2.24) is 14.5 Å². The van der Waals surface area contributed by atoms with E-state index in [4.69, 9.17) is 26.4 Å². The molecule has 0 bridgehead atoms. The maximum atomic E-state index is 13.0. The van der Waals surface area contributed by atoms with Gasteiger partial charge in [-0.05, 0) is 37.2 Å². The van der Waals surface area contributed by atoms with Crippen molar-refractivity contribution in [2.24, 2.45) is 0 Å². The minimum absolute atomic E-state index is 0.217. The van der Waals surface area contributed by atoms with Gasteiger partial charge in [0, 0.05) is 45.4 Å². The summed E-state index contributed by atoms with van der Waals surface area (Å²) in [6.45, 7) is 4.30. The van der Waals surface area contributed by atoms with E-state index >= 15 is 0 Å². The van der Waals surface area contributed by atoms with Gasteiger partial charge in [0.1, 0.15) is 13.2 Å². The van der Waals surface area contributed by atoms with Crippen molar-refractivity contribution in [1.29, 1.82) is 0 Å². The largest absolute Gasteiger partial charge is 0.486 e. The maximum Gasteiger partial charge on any atom is 0.243 e. The van der Waals surface area contributed by atoms with E-state index in [0.29, 0.717) is 62.5 Å². The molecule has 3 heterocycles. The first-order valence-corrected chi connectivity index (χ1v) is 11.4. The van der Waals surface area contributed by atoms with E-state index < -0.39 is 10.0 Å². The number of sulfonamides is 1. The van der Waals surface area contributed by atoms with E-state index in [-0.39, 0.29) is 11.0 Å². The van der Waals surface area contributed by atoms with E-state index in [9.17, 15) is 8.42 Å². The topological polar surface area (TPSA) is 80.3 Å². The van der Waals surface area contributed by atoms with Crippen LogP contribution < -0.4 is 14.8 Å². The van der Waals surface area contributed by atoms with Crippen molar-refractivity contribution in [2.75, 3.05) is 52.5 Å². The van der Waals surface area contributed by atoms with Crippen LogP contribution in [0.25, 0.3) is 0 Å². The summed E-state index contributed by atoms with van der Waals surface area (Å²) in [5.41, 5.74) is 0. The zero-order chi connectivity index (χ0) is 19.6. The van der Waals surface area contributed by atoms with Crippen LogP contribution in [-0.2, 0) is 14.8 Å². The molecule has 0 radical (unpaired) electrons. The molecule has 3 aliphatic heterocycles. The highest BCUT2D eigenvalue weighted by atomic mass is 32.2. The minimum atomic E-state index is -3.58. The van der Waals surface area contributed by atoms with Gasteiger partial charge in [-0.25, -0.2) is 8.42 Å². The number of nitrogens with zero attached hydrogens (tertiary/aromatic N) is 2. The summed E-state index contributed by atoms with van der Waals surface area (Å²) >= 11 is 5.46. The molecule has 3 aliphatic rings. The molecular formula is C18H25N3O5S2. The van der Waals surface area contributed by atoms with Crippen LogP contribution in [0.15, 0.2) is 23.1 Å². The molecule has 0 saturated carbocycles. The molecule has 1 aromatic carbocycles. The van der Waals surface area contributed by atoms with Crippen molar-refractivity contribution in [3.8, 4) is 11.5 Å². The third-order valence-electron chi connectivity index (χ3n) is 5.18. The molecule has 8 nitrogen and oxygen atoms in total. The number of piperazine rings is 1. The minimum Gasteiger partial charge on any atom is -0.486 e. The van der Waals surface area contributed by atoms with Crippen LogP contribution in [0.2, 0.25) is 0 Å². The third kappa shape index (κ3) is 4.19. The zero-order valence-corrected chi connectivity index (χ0v) is 17.3.